The number of para-hydroxylation sites is 1. The Hall–Kier alpha value is -2.09. The minimum Gasteiger partial charge on any atom is -0.325 e. The molecule has 0 bridgehead atoms. The molecule has 0 aliphatic heterocycles. The molecular formula is C20H23NO. The summed E-state index contributed by atoms with van der Waals surface area (Å²) in [6, 6.07) is 18.2. The average Bonchev–Trinajstić information content (AvgIpc) is 3.05. The first-order valence-electron chi connectivity index (χ1n) is 8.17. The summed E-state index contributed by atoms with van der Waals surface area (Å²) in [6.45, 7) is 2.03. The molecule has 1 aliphatic carbocycles. The van der Waals surface area contributed by atoms with Crippen LogP contribution in [0.5, 0.6) is 0 Å². The first kappa shape index (κ1) is 14.8. The van der Waals surface area contributed by atoms with Crippen molar-refractivity contribution in [2.24, 2.45) is 5.92 Å². The standard InChI is InChI=1S/C20H23NO/c1-15-9-5-8-14-18(15)21-20(22)19(17-12-6-7-13-17)16-10-3-2-4-11-16/h2-5,8-11,14,17,19H,6-7,12-13H2,1H3,(H,21,22)/t19-/m1/s1. The van der Waals surface area contributed by atoms with Crippen LogP contribution in [0.4, 0.5) is 5.69 Å². The monoisotopic (exact) mass is 293 g/mol. The van der Waals surface area contributed by atoms with Crippen molar-refractivity contribution in [2.45, 2.75) is 38.5 Å². The molecule has 0 aromatic heterocycles. The molecule has 2 nitrogen and oxygen atoms in total. The lowest BCUT2D eigenvalue weighted by Crippen LogP contribution is -2.26. The Balaban J connectivity index is 1.85. The van der Waals surface area contributed by atoms with E-state index in [1.807, 2.05) is 49.4 Å². The summed E-state index contributed by atoms with van der Waals surface area (Å²) >= 11 is 0. The van der Waals surface area contributed by atoms with Crippen LogP contribution in [0.3, 0.4) is 0 Å². The van der Waals surface area contributed by atoms with Gasteiger partial charge in [0.25, 0.3) is 0 Å². The van der Waals surface area contributed by atoms with Crippen LogP contribution in [-0.4, -0.2) is 5.91 Å². The zero-order chi connectivity index (χ0) is 15.4. The maximum atomic E-state index is 12.9. The predicted molar refractivity (Wildman–Crippen MR) is 90.9 cm³/mol. The third-order valence-corrected chi connectivity index (χ3v) is 4.72. The summed E-state index contributed by atoms with van der Waals surface area (Å²) < 4.78 is 0. The highest BCUT2D eigenvalue weighted by atomic mass is 16.1. The normalized spacial score (nSPS) is 16.4. The van der Waals surface area contributed by atoms with Gasteiger partial charge in [0.1, 0.15) is 0 Å². The first-order valence-corrected chi connectivity index (χ1v) is 8.17. The molecule has 1 atom stereocenters. The molecule has 1 aliphatic rings. The second-order valence-corrected chi connectivity index (χ2v) is 6.24. The van der Waals surface area contributed by atoms with Crippen molar-refractivity contribution < 1.29 is 4.79 Å². The number of hydrogen-bond donors (Lipinski definition) is 1. The fourth-order valence-corrected chi connectivity index (χ4v) is 3.51. The van der Waals surface area contributed by atoms with Gasteiger partial charge in [-0.15, -0.1) is 0 Å². The lowest BCUT2D eigenvalue weighted by atomic mass is 9.84. The molecule has 0 saturated heterocycles. The maximum absolute atomic E-state index is 12.9. The fraction of sp³-hybridized carbons (Fsp3) is 0.350. The Morgan fingerprint density at radius 3 is 2.32 bits per heavy atom. The number of amides is 1. The van der Waals surface area contributed by atoms with Gasteiger partial charge >= 0.3 is 0 Å². The van der Waals surface area contributed by atoms with Crippen LogP contribution in [0.2, 0.25) is 0 Å². The molecule has 0 spiro atoms. The highest BCUT2D eigenvalue weighted by molar-refractivity contribution is 5.96. The van der Waals surface area contributed by atoms with Crippen molar-refractivity contribution >= 4 is 11.6 Å². The molecule has 2 aromatic rings. The van der Waals surface area contributed by atoms with Gasteiger partial charge in [-0.05, 0) is 42.9 Å². The van der Waals surface area contributed by atoms with E-state index in [9.17, 15) is 4.79 Å². The molecule has 114 valence electrons. The number of rotatable bonds is 4. The Morgan fingerprint density at radius 2 is 1.64 bits per heavy atom. The van der Waals surface area contributed by atoms with E-state index in [2.05, 4.69) is 17.4 Å². The van der Waals surface area contributed by atoms with Crippen molar-refractivity contribution in [3.05, 3.63) is 65.7 Å². The van der Waals surface area contributed by atoms with Crippen molar-refractivity contribution in [1.82, 2.24) is 0 Å². The Labute approximate surface area is 132 Å². The topological polar surface area (TPSA) is 29.1 Å². The molecular weight excluding hydrogens is 270 g/mol. The largest absolute Gasteiger partial charge is 0.325 e. The van der Waals surface area contributed by atoms with Crippen LogP contribution < -0.4 is 5.32 Å². The summed E-state index contributed by atoms with van der Waals surface area (Å²) in [5.41, 5.74) is 3.17. The third kappa shape index (κ3) is 3.22. The van der Waals surface area contributed by atoms with Crippen LogP contribution >= 0.6 is 0 Å². The molecule has 0 unspecified atom stereocenters. The highest BCUT2D eigenvalue weighted by Gasteiger charge is 2.32. The molecule has 1 amide bonds. The van der Waals surface area contributed by atoms with Crippen LogP contribution in [0, 0.1) is 12.8 Å². The fourth-order valence-electron chi connectivity index (χ4n) is 3.51. The van der Waals surface area contributed by atoms with Crippen LogP contribution in [0.1, 0.15) is 42.7 Å². The number of anilines is 1. The van der Waals surface area contributed by atoms with E-state index in [0.29, 0.717) is 5.92 Å². The number of carbonyl (C=O) groups excluding carboxylic acids is 1. The summed E-state index contributed by atoms with van der Waals surface area (Å²) in [6.07, 6.45) is 4.79. The molecule has 3 rings (SSSR count). The van der Waals surface area contributed by atoms with E-state index < -0.39 is 0 Å². The number of hydrogen-bond acceptors (Lipinski definition) is 1. The zero-order valence-corrected chi connectivity index (χ0v) is 13.1. The quantitative estimate of drug-likeness (QED) is 0.852. The molecule has 2 heteroatoms. The maximum Gasteiger partial charge on any atom is 0.232 e. The van der Waals surface area contributed by atoms with Crippen molar-refractivity contribution in [3.63, 3.8) is 0 Å². The molecule has 1 saturated carbocycles. The lowest BCUT2D eigenvalue weighted by molar-refractivity contribution is -0.118. The molecule has 22 heavy (non-hydrogen) atoms. The van der Waals surface area contributed by atoms with Gasteiger partial charge in [0.15, 0.2) is 0 Å². The second kappa shape index (κ2) is 6.78. The summed E-state index contributed by atoms with van der Waals surface area (Å²) in [5.74, 6) is 0.558. The van der Waals surface area contributed by atoms with E-state index >= 15 is 0 Å². The first-order chi connectivity index (χ1) is 10.8. The van der Waals surface area contributed by atoms with Gasteiger partial charge in [-0.2, -0.15) is 0 Å². The van der Waals surface area contributed by atoms with E-state index in [-0.39, 0.29) is 11.8 Å². The van der Waals surface area contributed by atoms with E-state index in [1.54, 1.807) is 0 Å². The van der Waals surface area contributed by atoms with Crippen molar-refractivity contribution in [1.29, 1.82) is 0 Å². The molecule has 1 N–H and O–H groups in total. The van der Waals surface area contributed by atoms with E-state index in [4.69, 9.17) is 0 Å². The van der Waals surface area contributed by atoms with Gasteiger partial charge in [0, 0.05) is 5.69 Å². The van der Waals surface area contributed by atoms with E-state index in [0.717, 1.165) is 29.7 Å². The van der Waals surface area contributed by atoms with Crippen LogP contribution in [-0.2, 0) is 4.79 Å². The van der Waals surface area contributed by atoms with E-state index in [1.165, 1.54) is 12.8 Å². The second-order valence-electron chi connectivity index (χ2n) is 6.24. The van der Waals surface area contributed by atoms with Crippen molar-refractivity contribution in [2.75, 3.05) is 5.32 Å². The Morgan fingerprint density at radius 1 is 1.00 bits per heavy atom. The van der Waals surface area contributed by atoms with Gasteiger partial charge in [-0.25, -0.2) is 0 Å². The van der Waals surface area contributed by atoms with Gasteiger partial charge in [-0.1, -0.05) is 61.4 Å². The molecule has 2 aromatic carbocycles. The summed E-state index contributed by atoms with van der Waals surface area (Å²) in [4.78, 5) is 12.9. The predicted octanol–water partition coefficient (Wildman–Crippen LogP) is 4.91. The lowest BCUT2D eigenvalue weighted by Gasteiger charge is -2.23. The Bertz CT molecular complexity index is 629. The van der Waals surface area contributed by atoms with Crippen LogP contribution in [0.25, 0.3) is 0 Å². The number of carbonyl (C=O) groups is 1. The molecule has 0 heterocycles. The average molecular weight is 293 g/mol. The SMILES string of the molecule is Cc1ccccc1NC(=O)[C@H](c1ccccc1)C1CCCC1. The number of benzene rings is 2. The zero-order valence-electron chi connectivity index (χ0n) is 13.1. The third-order valence-electron chi connectivity index (χ3n) is 4.72. The van der Waals surface area contributed by atoms with Gasteiger partial charge < -0.3 is 5.32 Å². The minimum absolute atomic E-state index is 0.0386. The van der Waals surface area contributed by atoms with Gasteiger partial charge in [-0.3, -0.25) is 4.79 Å². The van der Waals surface area contributed by atoms with Crippen molar-refractivity contribution in [3.8, 4) is 0 Å². The van der Waals surface area contributed by atoms with Crippen LogP contribution in [0.15, 0.2) is 54.6 Å². The Kier molecular flexibility index (Phi) is 4.57. The summed E-state index contributed by atoms with van der Waals surface area (Å²) in [7, 11) is 0. The smallest absolute Gasteiger partial charge is 0.232 e. The van der Waals surface area contributed by atoms with Gasteiger partial charge in [0.05, 0.1) is 5.92 Å². The summed E-state index contributed by atoms with van der Waals surface area (Å²) in [5, 5.41) is 3.15. The number of aryl methyl sites for hydroxylation is 1. The number of nitrogens with one attached hydrogen (secondary N) is 1. The van der Waals surface area contributed by atoms with Gasteiger partial charge in [0.2, 0.25) is 5.91 Å². The molecule has 1 fully saturated rings. The minimum atomic E-state index is -0.0386. The molecule has 0 radical (unpaired) electrons. The highest BCUT2D eigenvalue weighted by Crippen LogP contribution is 2.38.